The van der Waals surface area contributed by atoms with Crippen molar-refractivity contribution >= 4 is 5.69 Å². The molecule has 0 saturated heterocycles. The molecule has 0 spiro atoms. The SMILES string of the molecule is Oc1cccc(N[C@H]2CCC[C@H](C3CC3)C2)c1. The van der Waals surface area contributed by atoms with Gasteiger partial charge >= 0.3 is 0 Å². The van der Waals surface area contributed by atoms with Crippen molar-refractivity contribution in [3.8, 4) is 5.75 Å². The van der Waals surface area contributed by atoms with E-state index in [1.54, 1.807) is 6.07 Å². The fourth-order valence-corrected chi connectivity index (χ4v) is 3.19. The fourth-order valence-electron chi connectivity index (χ4n) is 3.19. The van der Waals surface area contributed by atoms with Crippen LogP contribution in [0.5, 0.6) is 5.75 Å². The molecule has 92 valence electrons. The third-order valence-electron chi connectivity index (χ3n) is 4.22. The molecule has 0 bridgehead atoms. The Morgan fingerprint density at radius 3 is 2.71 bits per heavy atom. The molecule has 0 unspecified atom stereocenters. The summed E-state index contributed by atoms with van der Waals surface area (Å²) in [5.41, 5.74) is 1.06. The van der Waals surface area contributed by atoms with Gasteiger partial charge in [-0.05, 0) is 49.7 Å². The van der Waals surface area contributed by atoms with Crippen LogP contribution in [0, 0.1) is 11.8 Å². The van der Waals surface area contributed by atoms with E-state index in [-0.39, 0.29) is 0 Å². The third kappa shape index (κ3) is 2.74. The highest BCUT2D eigenvalue weighted by molar-refractivity contribution is 5.48. The Morgan fingerprint density at radius 2 is 1.94 bits per heavy atom. The Labute approximate surface area is 103 Å². The van der Waals surface area contributed by atoms with Gasteiger partial charge in [0, 0.05) is 17.8 Å². The van der Waals surface area contributed by atoms with Crippen molar-refractivity contribution in [2.24, 2.45) is 11.8 Å². The number of aromatic hydroxyl groups is 1. The number of anilines is 1. The zero-order valence-electron chi connectivity index (χ0n) is 10.2. The highest BCUT2D eigenvalue weighted by Gasteiger charge is 2.34. The maximum absolute atomic E-state index is 9.45. The highest BCUT2D eigenvalue weighted by Crippen LogP contribution is 2.44. The smallest absolute Gasteiger partial charge is 0.117 e. The first-order valence-corrected chi connectivity index (χ1v) is 6.87. The summed E-state index contributed by atoms with van der Waals surface area (Å²) in [5, 5.41) is 13.0. The molecule has 2 N–H and O–H groups in total. The monoisotopic (exact) mass is 231 g/mol. The largest absolute Gasteiger partial charge is 0.508 e. The summed E-state index contributed by atoms with van der Waals surface area (Å²) in [7, 11) is 0. The lowest BCUT2D eigenvalue weighted by molar-refractivity contribution is 0.303. The normalized spacial score (nSPS) is 28.9. The number of benzene rings is 1. The molecule has 17 heavy (non-hydrogen) atoms. The van der Waals surface area contributed by atoms with Crippen LogP contribution in [0.25, 0.3) is 0 Å². The minimum absolute atomic E-state index is 0.351. The second-order valence-corrected chi connectivity index (χ2v) is 5.66. The van der Waals surface area contributed by atoms with Crippen molar-refractivity contribution in [2.75, 3.05) is 5.32 Å². The quantitative estimate of drug-likeness (QED) is 0.830. The van der Waals surface area contributed by atoms with Crippen LogP contribution in [-0.2, 0) is 0 Å². The van der Waals surface area contributed by atoms with Crippen LogP contribution in [0.3, 0.4) is 0 Å². The molecular weight excluding hydrogens is 210 g/mol. The van der Waals surface area contributed by atoms with Gasteiger partial charge in [-0.1, -0.05) is 18.9 Å². The molecule has 0 aromatic heterocycles. The maximum Gasteiger partial charge on any atom is 0.117 e. The fraction of sp³-hybridized carbons (Fsp3) is 0.600. The van der Waals surface area contributed by atoms with Gasteiger partial charge in [0.15, 0.2) is 0 Å². The predicted molar refractivity (Wildman–Crippen MR) is 70.2 cm³/mol. The van der Waals surface area contributed by atoms with E-state index in [0.717, 1.165) is 17.5 Å². The van der Waals surface area contributed by atoms with Crippen LogP contribution in [0.1, 0.15) is 38.5 Å². The van der Waals surface area contributed by atoms with E-state index in [9.17, 15) is 5.11 Å². The van der Waals surface area contributed by atoms with Crippen molar-refractivity contribution in [3.63, 3.8) is 0 Å². The van der Waals surface area contributed by atoms with Crippen molar-refractivity contribution in [3.05, 3.63) is 24.3 Å². The lowest BCUT2D eigenvalue weighted by Gasteiger charge is -2.30. The first-order valence-electron chi connectivity index (χ1n) is 6.87. The Hall–Kier alpha value is -1.18. The molecule has 1 aromatic rings. The summed E-state index contributed by atoms with van der Waals surface area (Å²) in [5.74, 6) is 2.34. The average Bonchev–Trinajstić information content (AvgIpc) is 3.13. The van der Waals surface area contributed by atoms with Crippen LogP contribution in [0.4, 0.5) is 5.69 Å². The first-order chi connectivity index (χ1) is 8.31. The summed E-state index contributed by atoms with van der Waals surface area (Å²) in [6.07, 6.45) is 8.31. The predicted octanol–water partition coefficient (Wildman–Crippen LogP) is 3.77. The van der Waals surface area contributed by atoms with E-state index >= 15 is 0 Å². The van der Waals surface area contributed by atoms with Crippen LogP contribution in [0.15, 0.2) is 24.3 Å². The molecule has 2 aliphatic rings. The van der Waals surface area contributed by atoms with Gasteiger partial charge in [-0.3, -0.25) is 0 Å². The van der Waals surface area contributed by atoms with Gasteiger partial charge in [0.05, 0.1) is 0 Å². The number of phenolic OH excluding ortho intramolecular Hbond substituents is 1. The molecule has 0 amide bonds. The number of hydrogen-bond donors (Lipinski definition) is 2. The number of hydrogen-bond acceptors (Lipinski definition) is 2. The van der Waals surface area contributed by atoms with E-state index in [1.807, 2.05) is 18.2 Å². The molecule has 3 rings (SSSR count). The molecular formula is C15H21NO. The van der Waals surface area contributed by atoms with Gasteiger partial charge in [-0.25, -0.2) is 0 Å². The van der Waals surface area contributed by atoms with Crippen LogP contribution >= 0.6 is 0 Å². The third-order valence-corrected chi connectivity index (χ3v) is 4.22. The van der Waals surface area contributed by atoms with Crippen molar-refractivity contribution in [2.45, 2.75) is 44.6 Å². The molecule has 0 radical (unpaired) electrons. The Kier molecular flexibility index (Phi) is 2.96. The van der Waals surface area contributed by atoms with E-state index in [0.29, 0.717) is 11.8 Å². The number of nitrogens with one attached hydrogen (secondary N) is 1. The maximum atomic E-state index is 9.45. The van der Waals surface area contributed by atoms with Crippen molar-refractivity contribution in [1.29, 1.82) is 0 Å². The minimum Gasteiger partial charge on any atom is -0.508 e. The van der Waals surface area contributed by atoms with Gasteiger partial charge < -0.3 is 10.4 Å². The molecule has 2 saturated carbocycles. The van der Waals surface area contributed by atoms with E-state index in [4.69, 9.17) is 0 Å². The molecule has 2 atom stereocenters. The lowest BCUT2D eigenvalue weighted by atomic mass is 9.82. The summed E-state index contributed by atoms with van der Waals surface area (Å²) in [6, 6.07) is 8.09. The minimum atomic E-state index is 0.351. The van der Waals surface area contributed by atoms with Gasteiger partial charge in [-0.2, -0.15) is 0 Å². The Morgan fingerprint density at radius 1 is 1.06 bits per heavy atom. The van der Waals surface area contributed by atoms with Crippen molar-refractivity contribution < 1.29 is 5.11 Å². The summed E-state index contributed by atoms with van der Waals surface area (Å²) < 4.78 is 0. The van der Waals surface area contributed by atoms with E-state index in [2.05, 4.69) is 5.32 Å². The van der Waals surface area contributed by atoms with E-state index in [1.165, 1.54) is 38.5 Å². The van der Waals surface area contributed by atoms with E-state index < -0.39 is 0 Å². The zero-order chi connectivity index (χ0) is 11.7. The molecule has 1 aromatic carbocycles. The summed E-state index contributed by atoms with van der Waals surface area (Å²) >= 11 is 0. The van der Waals surface area contributed by atoms with Gasteiger partial charge in [-0.15, -0.1) is 0 Å². The Bertz CT molecular complexity index is 386. The zero-order valence-corrected chi connectivity index (χ0v) is 10.2. The molecule has 2 nitrogen and oxygen atoms in total. The van der Waals surface area contributed by atoms with Gasteiger partial charge in [0.1, 0.15) is 5.75 Å². The number of phenols is 1. The molecule has 2 heteroatoms. The standard InChI is InChI=1S/C15H21NO/c17-15-6-2-5-14(10-15)16-13-4-1-3-12(9-13)11-7-8-11/h2,5-6,10-13,16-17H,1,3-4,7-9H2/t12-,13-/m0/s1. The number of rotatable bonds is 3. The lowest BCUT2D eigenvalue weighted by Crippen LogP contribution is -2.28. The average molecular weight is 231 g/mol. The topological polar surface area (TPSA) is 32.3 Å². The van der Waals surface area contributed by atoms with Crippen LogP contribution in [0.2, 0.25) is 0 Å². The molecule has 2 fully saturated rings. The van der Waals surface area contributed by atoms with Crippen LogP contribution in [-0.4, -0.2) is 11.1 Å². The van der Waals surface area contributed by atoms with Crippen LogP contribution < -0.4 is 5.32 Å². The van der Waals surface area contributed by atoms with Gasteiger partial charge in [0.2, 0.25) is 0 Å². The second-order valence-electron chi connectivity index (χ2n) is 5.66. The summed E-state index contributed by atoms with van der Waals surface area (Å²) in [4.78, 5) is 0. The summed E-state index contributed by atoms with van der Waals surface area (Å²) in [6.45, 7) is 0. The molecule has 2 aliphatic carbocycles. The first kappa shape index (κ1) is 10.9. The molecule has 0 heterocycles. The van der Waals surface area contributed by atoms with Crippen molar-refractivity contribution in [1.82, 2.24) is 0 Å². The second kappa shape index (κ2) is 4.59. The highest BCUT2D eigenvalue weighted by atomic mass is 16.3. The molecule has 0 aliphatic heterocycles. The Balaban J connectivity index is 1.60. The van der Waals surface area contributed by atoms with Gasteiger partial charge in [0.25, 0.3) is 0 Å².